The maximum atomic E-state index is 5.38. The minimum absolute atomic E-state index is 0. The van der Waals surface area contributed by atoms with Crippen LogP contribution in [0.2, 0.25) is 0 Å². The lowest BCUT2D eigenvalue weighted by atomic mass is 10.1. The van der Waals surface area contributed by atoms with E-state index in [2.05, 4.69) is 50.6 Å². The Bertz CT molecular complexity index is 781. The normalized spacial score (nSPS) is 11.2. The quantitative estimate of drug-likeness (QED) is 0.279. The topological polar surface area (TPSA) is 80.9 Å². The first kappa shape index (κ1) is 24.5. The average Bonchev–Trinajstić information content (AvgIpc) is 3.12. The van der Waals surface area contributed by atoms with Gasteiger partial charge in [-0.15, -0.1) is 24.0 Å². The van der Waals surface area contributed by atoms with Crippen molar-refractivity contribution in [2.45, 2.75) is 39.8 Å². The van der Waals surface area contributed by atoms with Crippen LogP contribution in [-0.2, 0) is 13.1 Å². The molecule has 0 amide bonds. The van der Waals surface area contributed by atoms with Gasteiger partial charge in [0.2, 0.25) is 0 Å². The average molecular weight is 567 g/mol. The minimum Gasteiger partial charge on any atom is -0.493 e. The van der Waals surface area contributed by atoms with Crippen molar-refractivity contribution in [1.82, 2.24) is 15.8 Å². The van der Waals surface area contributed by atoms with Gasteiger partial charge in [-0.1, -0.05) is 19.0 Å². The van der Waals surface area contributed by atoms with E-state index in [0.29, 0.717) is 36.5 Å². The van der Waals surface area contributed by atoms with Gasteiger partial charge in [0.05, 0.1) is 37.5 Å². The first-order chi connectivity index (χ1) is 13.0. The van der Waals surface area contributed by atoms with E-state index in [9.17, 15) is 0 Å². The van der Waals surface area contributed by atoms with Gasteiger partial charge in [0.25, 0.3) is 0 Å². The minimum atomic E-state index is 0. The molecule has 1 aromatic heterocycles. The molecule has 28 heavy (non-hydrogen) atoms. The SMILES string of the molecule is CCNC(=NCc1cc(Br)c(OC)c(OC)c1)NCc1cc(C(C)C)no1.I. The molecule has 0 bridgehead atoms. The molecule has 2 rings (SSSR count). The lowest BCUT2D eigenvalue weighted by Gasteiger charge is -2.12. The predicted octanol–water partition coefficient (Wildman–Crippen LogP) is 4.45. The van der Waals surface area contributed by atoms with Crippen LogP contribution in [0.3, 0.4) is 0 Å². The first-order valence-electron chi connectivity index (χ1n) is 8.86. The maximum Gasteiger partial charge on any atom is 0.191 e. The number of aliphatic imine (C=N–C) groups is 1. The Hall–Kier alpha value is -1.49. The number of rotatable bonds is 8. The van der Waals surface area contributed by atoms with Crippen LogP contribution in [0.5, 0.6) is 11.5 Å². The van der Waals surface area contributed by atoms with Gasteiger partial charge in [0, 0.05) is 12.6 Å². The Kier molecular flexibility index (Phi) is 10.7. The van der Waals surface area contributed by atoms with Crippen LogP contribution in [0.4, 0.5) is 0 Å². The van der Waals surface area contributed by atoms with Gasteiger partial charge in [-0.05, 0) is 46.5 Å². The highest BCUT2D eigenvalue weighted by Crippen LogP contribution is 2.36. The molecule has 9 heteroatoms. The summed E-state index contributed by atoms with van der Waals surface area (Å²) in [5, 5.41) is 10.6. The number of hydrogen-bond acceptors (Lipinski definition) is 5. The summed E-state index contributed by atoms with van der Waals surface area (Å²) in [6.07, 6.45) is 0. The van der Waals surface area contributed by atoms with Crippen molar-refractivity contribution in [3.05, 3.63) is 39.7 Å². The molecule has 156 valence electrons. The molecular weight excluding hydrogens is 539 g/mol. The third-order valence-electron chi connectivity index (χ3n) is 3.86. The summed E-state index contributed by atoms with van der Waals surface area (Å²) in [4.78, 5) is 4.63. The molecule has 7 nitrogen and oxygen atoms in total. The molecule has 2 aromatic rings. The highest BCUT2D eigenvalue weighted by atomic mass is 127. The Morgan fingerprint density at radius 2 is 1.96 bits per heavy atom. The van der Waals surface area contributed by atoms with Crippen molar-refractivity contribution < 1.29 is 14.0 Å². The second-order valence-electron chi connectivity index (χ2n) is 6.23. The number of guanidine groups is 1. The van der Waals surface area contributed by atoms with Gasteiger partial charge in [0.1, 0.15) is 0 Å². The van der Waals surface area contributed by atoms with E-state index >= 15 is 0 Å². The van der Waals surface area contributed by atoms with Gasteiger partial charge in [-0.2, -0.15) is 0 Å². The van der Waals surface area contributed by atoms with Gasteiger partial charge in [-0.25, -0.2) is 4.99 Å². The third-order valence-corrected chi connectivity index (χ3v) is 4.45. The van der Waals surface area contributed by atoms with Gasteiger partial charge >= 0.3 is 0 Å². The molecule has 0 saturated heterocycles. The van der Waals surface area contributed by atoms with E-state index < -0.39 is 0 Å². The van der Waals surface area contributed by atoms with E-state index in [1.807, 2.05) is 25.1 Å². The summed E-state index contributed by atoms with van der Waals surface area (Å²) in [6, 6.07) is 5.86. The number of hydrogen-bond donors (Lipinski definition) is 2. The van der Waals surface area contributed by atoms with E-state index in [4.69, 9.17) is 14.0 Å². The molecule has 1 aromatic carbocycles. The van der Waals surface area contributed by atoms with Crippen molar-refractivity contribution in [2.75, 3.05) is 20.8 Å². The van der Waals surface area contributed by atoms with Gasteiger partial charge in [0.15, 0.2) is 23.2 Å². The molecule has 0 fully saturated rings. The van der Waals surface area contributed by atoms with Crippen molar-refractivity contribution in [3.63, 3.8) is 0 Å². The van der Waals surface area contributed by atoms with Crippen LogP contribution < -0.4 is 20.1 Å². The van der Waals surface area contributed by atoms with Crippen LogP contribution in [0.25, 0.3) is 0 Å². The van der Waals surface area contributed by atoms with E-state index in [0.717, 1.165) is 28.0 Å². The fourth-order valence-corrected chi connectivity index (χ4v) is 3.08. The largest absolute Gasteiger partial charge is 0.493 e. The number of nitrogens with zero attached hydrogens (tertiary/aromatic N) is 2. The summed E-state index contributed by atoms with van der Waals surface area (Å²) in [6.45, 7) is 7.96. The standard InChI is InChI=1S/C19H27BrN4O3.HI/c1-6-21-19(23-11-14-9-16(12(2)3)24-27-14)22-10-13-7-15(20)18(26-5)17(8-13)25-4;/h7-9,12H,6,10-11H2,1-5H3,(H2,21,22,23);1H. The predicted molar refractivity (Wildman–Crippen MR) is 125 cm³/mol. The zero-order valence-corrected chi connectivity index (χ0v) is 20.8. The molecular formula is C19H28BrIN4O3. The van der Waals surface area contributed by atoms with Crippen molar-refractivity contribution >= 4 is 45.9 Å². The van der Waals surface area contributed by atoms with E-state index in [-0.39, 0.29) is 24.0 Å². The molecule has 2 N–H and O–H groups in total. The van der Waals surface area contributed by atoms with Crippen LogP contribution in [0.1, 0.15) is 43.7 Å². The van der Waals surface area contributed by atoms with Gasteiger partial charge in [-0.3, -0.25) is 0 Å². The number of benzene rings is 1. The van der Waals surface area contributed by atoms with Crippen LogP contribution in [0.15, 0.2) is 32.2 Å². The van der Waals surface area contributed by atoms with Crippen LogP contribution in [-0.4, -0.2) is 31.9 Å². The highest BCUT2D eigenvalue weighted by molar-refractivity contribution is 14.0. The molecule has 0 atom stereocenters. The third kappa shape index (κ3) is 6.84. The molecule has 0 aliphatic carbocycles. The van der Waals surface area contributed by atoms with Crippen LogP contribution in [0, 0.1) is 0 Å². The monoisotopic (exact) mass is 566 g/mol. The zero-order valence-electron chi connectivity index (χ0n) is 16.8. The molecule has 0 spiro atoms. The van der Waals surface area contributed by atoms with Gasteiger partial charge < -0.3 is 24.6 Å². The summed E-state index contributed by atoms with van der Waals surface area (Å²) in [5.74, 6) is 3.15. The second kappa shape index (κ2) is 12.2. The first-order valence-corrected chi connectivity index (χ1v) is 9.65. The number of nitrogens with one attached hydrogen (secondary N) is 2. The number of aromatic nitrogens is 1. The summed E-state index contributed by atoms with van der Waals surface area (Å²) >= 11 is 3.51. The summed E-state index contributed by atoms with van der Waals surface area (Å²) < 4.78 is 16.9. The maximum absolute atomic E-state index is 5.38. The molecule has 0 unspecified atom stereocenters. The van der Waals surface area contributed by atoms with Crippen molar-refractivity contribution in [1.29, 1.82) is 0 Å². The van der Waals surface area contributed by atoms with Crippen molar-refractivity contribution in [3.8, 4) is 11.5 Å². The number of halogens is 2. The zero-order chi connectivity index (χ0) is 19.8. The smallest absolute Gasteiger partial charge is 0.191 e. The van der Waals surface area contributed by atoms with E-state index in [1.165, 1.54) is 0 Å². The Morgan fingerprint density at radius 1 is 1.21 bits per heavy atom. The summed E-state index contributed by atoms with van der Waals surface area (Å²) in [5.41, 5.74) is 1.95. The summed E-state index contributed by atoms with van der Waals surface area (Å²) in [7, 11) is 3.23. The molecule has 0 saturated carbocycles. The number of methoxy groups -OCH3 is 2. The van der Waals surface area contributed by atoms with Crippen molar-refractivity contribution in [2.24, 2.45) is 4.99 Å². The lowest BCUT2D eigenvalue weighted by molar-refractivity contribution is 0.352. The Morgan fingerprint density at radius 3 is 2.54 bits per heavy atom. The lowest BCUT2D eigenvalue weighted by Crippen LogP contribution is -2.36. The fourth-order valence-electron chi connectivity index (χ4n) is 2.43. The highest BCUT2D eigenvalue weighted by Gasteiger charge is 2.11. The second-order valence-corrected chi connectivity index (χ2v) is 7.09. The molecule has 0 aliphatic heterocycles. The van der Waals surface area contributed by atoms with E-state index in [1.54, 1.807) is 14.2 Å². The number of ether oxygens (including phenoxy) is 2. The molecule has 1 heterocycles. The van der Waals surface area contributed by atoms with Crippen LogP contribution >= 0.6 is 39.9 Å². The molecule has 0 aliphatic rings. The molecule has 0 radical (unpaired) electrons. The Balaban J connectivity index is 0.00000392. The fraction of sp³-hybridized carbons (Fsp3) is 0.474. The Labute approximate surface area is 191 Å².